The lowest BCUT2D eigenvalue weighted by Gasteiger charge is -2.02. The van der Waals surface area contributed by atoms with Crippen LogP contribution in [-0.2, 0) is 0 Å². The average molecular weight is 347 g/mol. The average Bonchev–Trinajstić information content (AvgIpc) is 3.06. The molecule has 0 atom stereocenters. The Labute approximate surface area is 147 Å². The lowest BCUT2D eigenvalue weighted by atomic mass is 10.2. The Balaban J connectivity index is 1.61. The van der Waals surface area contributed by atoms with Gasteiger partial charge in [0.1, 0.15) is 5.82 Å². The van der Waals surface area contributed by atoms with Gasteiger partial charge in [-0.3, -0.25) is 10.1 Å². The molecule has 4 aromatic rings. The van der Waals surface area contributed by atoms with E-state index in [0.717, 1.165) is 10.5 Å². The molecule has 5 nitrogen and oxygen atoms in total. The summed E-state index contributed by atoms with van der Waals surface area (Å²) in [5.41, 5.74) is 2.36. The fourth-order valence-corrected chi connectivity index (χ4v) is 3.39. The van der Waals surface area contributed by atoms with Gasteiger partial charge in [-0.05, 0) is 30.3 Å². The molecule has 1 heterocycles. The smallest absolute Gasteiger partial charge is 0.271 e. The van der Waals surface area contributed by atoms with Gasteiger partial charge < -0.3 is 4.98 Å². The standard InChI is InChI=1S/C19H13N3O2S/c23-22(24)14-8-11-17-18(12-14)21-19(20-17)13-6-9-16(10-7-13)25-15-4-2-1-3-5-15/h1-12H,(H,20,21). The Bertz CT molecular complexity index is 1040. The van der Waals surface area contributed by atoms with E-state index in [1.807, 2.05) is 42.5 Å². The highest BCUT2D eigenvalue weighted by Crippen LogP contribution is 2.30. The largest absolute Gasteiger partial charge is 0.338 e. The fourth-order valence-electron chi connectivity index (χ4n) is 2.55. The van der Waals surface area contributed by atoms with E-state index in [4.69, 9.17) is 0 Å². The summed E-state index contributed by atoms with van der Waals surface area (Å²) in [7, 11) is 0. The Hall–Kier alpha value is -3.12. The van der Waals surface area contributed by atoms with E-state index in [0.29, 0.717) is 16.9 Å². The number of nitro benzene ring substituents is 1. The van der Waals surface area contributed by atoms with Crippen molar-refractivity contribution in [2.24, 2.45) is 0 Å². The van der Waals surface area contributed by atoms with Crippen LogP contribution in [0.25, 0.3) is 22.4 Å². The number of aromatic amines is 1. The number of imidazole rings is 1. The Morgan fingerprint density at radius 1 is 0.920 bits per heavy atom. The van der Waals surface area contributed by atoms with Gasteiger partial charge in [-0.15, -0.1) is 0 Å². The van der Waals surface area contributed by atoms with E-state index in [2.05, 4.69) is 22.1 Å². The number of nitrogens with one attached hydrogen (secondary N) is 1. The lowest BCUT2D eigenvalue weighted by molar-refractivity contribution is -0.384. The highest BCUT2D eigenvalue weighted by molar-refractivity contribution is 7.99. The lowest BCUT2D eigenvalue weighted by Crippen LogP contribution is -1.86. The van der Waals surface area contributed by atoms with Crippen molar-refractivity contribution < 1.29 is 4.92 Å². The molecule has 0 unspecified atom stereocenters. The maximum absolute atomic E-state index is 10.9. The fraction of sp³-hybridized carbons (Fsp3) is 0. The van der Waals surface area contributed by atoms with Gasteiger partial charge in [0.2, 0.25) is 0 Å². The summed E-state index contributed by atoms with van der Waals surface area (Å²) in [6.07, 6.45) is 0. The highest BCUT2D eigenvalue weighted by atomic mass is 32.2. The number of hydrogen-bond donors (Lipinski definition) is 1. The molecule has 0 aliphatic rings. The van der Waals surface area contributed by atoms with Crippen LogP contribution in [-0.4, -0.2) is 14.9 Å². The quantitative estimate of drug-likeness (QED) is 0.402. The van der Waals surface area contributed by atoms with Crippen molar-refractivity contribution in [3.05, 3.63) is 82.9 Å². The molecule has 122 valence electrons. The third-order valence-corrected chi connectivity index (χ3v) is 4.80. The Morgan fingerprint density at radius 3 is 2.36 bits per heavy atom. The van der Waals surface area contributed by atoms with Gasteiger partial charge in [-0.2, -0.15) is 0 Å². The van der Waals surface area contributed by atoms with Gasteiger partial charge in [0.05, 0.1) is 16.0 Å². The summed E-state index contributed by atoms with van der Waals surface area (Å²) < 4.78 is 0. The van der Waals surface area contributed by atoms with Crippen molar-refractivity contribution in [1.82, 2.24) is 9.97 Å². The maximum Gasteiger partial charge on any atom is 0.271 e. The van der Waals surface area contributed by atoms with Gasteiger partial charge in [0, 0.05) is 27.5 Å². The second-order valence-corrected chi connectivity index (χ2v) is 6.63. The zero-order chi connectivity index (χ0) is 17.2. The minimum atomic E-state index is -0.407. The van der Waals surface area contributed by atoms with Gasteiger partial charge in [-0.25, -0.2) is 4.98 Å². The van der Waals surface area contributed by atoms with Crippen LogP contribution in [0.3, 0.4) is 0 Å². The van der Waals surface area contributed by atoms with E-state index in [-0.39, 0.29) is 5.69 Å². The number of fused-ring (bicyclic) bond motifs is 1. The van der Waals surface area contributed by atoms with Crippen LogP contribution in [0.4, 0.5) is 5.69 Å². The predicted molar refractivity (Wildman–Crippen MR) is 98.7 cm³/mol. The molecule has 25 heavy (non-hydrogen) atoms. The van der Waals surface area contributed by atoms with Gasteiger partial charge in [0.25, 0.3) is 5.69 Å². The predicted octanol–water partition coefficient (Wildman–Crippen LogP) is 5.29. The molecule has 4 rings (SSSR count). The molecule has 0 fully saturated rings. The first kappa shape index (κ1) is 15.4. The minimum absolute atomic E-state index is 0.0531. The van der Waals surface area contributed by atoms with Gasteiger partial charge >= 0.3 is 0 Å². The van der Waals surface area contributed by atoms with E-state index in [1.54, 1.807) is 17.8 Å². The molecule has 0 spiro atoms. The van der Waals surface area contributed by atoms with E-state index >= 15 is 0 Å². The van der Waals surface area contributed by atoms with E-state index in [9.17, 15) is 10.1 Å². The topological polar surface area (TPSA) is 71.8 Å². The van der Waals surface area contributed by atoms with Crippen molar-refractivity contribution in [2.75, 3.05) is 0 Å². The van der Waals surface area contributed by atoms with Crippen LogP contribution < -0.4 is 0 Å². The molecular weight excluding hydrogens is 334 g/mol. The molecule has 6 heteroatoms. The number of benzene rings is 3. The molecule has 1 N–H and O–H groups in total. The normalized spacial score (nSPS) is 10.9. The molecule has 0 aliphatic heterocycles. The first-order chi connectivity index (χ1) is 12.2. The number of nitro groups is 1. The maximum atomic E-state index is 10.9. The van der Waals surface area contributed by atoms with Crippen molar-refractivity contribution >= 4 is 28.5 Å². The van der Waals surface area contributed by atoms with Gasteiger partial charge in [0.15, 0.2) is 0 Å². The minimum Gasteiger partial charge on any atom is -0.338 e. The number of nitrogens with zero attached hydrogens (tertiary/aromatic N) is 2. The summed E-state index contributed by atoms with van der Waals surface area (Å²) in [6, 6.07) is 22.9. The van der Waals surface area contributed by atoms with Crippen molar-refractivity contribution in [3.63, 3.8) is 0 Å². The summed E-state index contributed by atoms with van der Waals surface area (Å²) in [5.74, 6) is 0.701. The zero-order valence-electron chi connectivity index (χ0n) is 13.0. The molecule has 3 aromatic carbocycles. The number of aromatic nitrogens is 2. The van der Waals surface area contributed by atoms with Crippen LogP contribution in [0, 0.1) is 10.1 Å². The van der Waals surface area contributed by atoms with Crippen LogP contribution in [0.2, 0.25) is 0 Å². The van der Waals surface area contributed by atoms with E-state index < -0.39 is 4.92 Å². The summed E-state index contributed by atoms with van der Waals surface area (Å²) in [5, 5.41) is 10.9. The number of non-ortho nitro benzene ring substituents is 1. The van der Waals surface area contributed by atoms with Crippen LogP contribution in [0.15, 0.2) is 82.6 Å². The second kappa shape index (κ2) is 6.41. The molecule has 1 aromatic heterocycles. The first-order valence-electron chi connectivity index (χ1n) is 7.66. The van der Waals surface area contributed by atoms with Crippen molar-refractivity contribution in [1.29, 1.82) is 0 Å². The third kappa shape index (κ3) is 3.25. The molecule has 0 radical (unpaired) electrons. The first-order valence-corrected chi connectivity index (χ1v) is 8.48. The van der Waals surface area contributed by atoms with Crippen LogP contribution >= 0.6 is 11.8 Å². The van der Waals surface area contributed by atoms with Crippen LogP contribution in [0.1, 0.15) is 0 Å². The molecule has 0 saturated carbocycles. The van der Waals surface area contributed by atoms with Crippen molar-refractivity contribution in [3.8, 4) is 11.4 Å². The molecular formula is C19H13N3O2S. The Kier molecular flexibility index (Phi) is 3.95. The SMILES string of the molecule is O=[N+]([O-])c1ccc2nc(-c3ccc(Sc4ccccc4)cc3)[nH]c2c1. The summed E-state index contributed by atoms with van der Waals surface area (Å²) in [6.45, 7) is 0. The summed E-state index contributed by atoms with van der Waals surface area (Å²) >= 11 is 1.70. The second-order valence-electron chi connectivity index (χ2n) is 5.48. The third-order valence-electron chi connectivity index (χ3n) is 3.78. The number of hydrogen-bond acceptors (Lipinski definition) is 4. The monoisotopic (exact) mass is 347 g/mol. The van der Waals surface area contributed by atoms with Crippen LogP contribution in [0.5, 0.6) is 0 Å². The molecule has 0 bridgehead atoms. The van der Waals surface area contributed by atoms with E-state index in [1.165, 1.54) is 17.0 Å². The van der Waals surface area contributed by atoms with Gasteiger partial charge in [-0.1, -0.05) is 42.1 Å². The molecule has 0 saturated heterocycles. The molecule has 0 amide bonds. The van der Waals surface area contributed by atoms with Crippen molar-refractivity contribution in [2.45, 2.75) is 9.79 Å². The number of H-pyrrole nitrogens is 1. The Morgan fingerprint density at radius 2 is 1.64 bits per heavy atom. The highest BCUT2D eigenvalue weighted by Gasteiger charge is 2.10. The summed E-state index contributed by atoms with van der Waals surface area (Å²) in [4.78, 5) is 20.5. The zero-order valence-corrected chi connectivity index (χ0v) is 13.9. The molecule has 0 aliphatic carbocycles. The number of rotatable bonds is 4.